The lowest BCUT2D eigenvalue weighted by atomic mass is 9.93. The lowest BCUT2D eigenvalue weighted by Gasteiger charge is -2.41. The van der Waals surface area contributed by atoms with Crippen molar-refractivity contribution in [1.82, 2.24) is 5.32 Å². The van der Waals surface area contributed by atoms with E-state index in [2.05, 4.69) is 5.32 Å². The molecule has 0 radical (unpaired) electrons. The maximum atomic E-state index is 10.7. The van der Waals surface area contributed by atoms with E-state index >= 15 is 0 Å². The van der Waals surface area contributed by atoms with Crippen LogP contribution in [0, 0.1) is 0 Å². The van der Waals surface area contributed by atoms with E-state index in [1.807, 2.05) is 42.5 Å². The molecule has 96 valence electrons. The molecule has 2 N–H and O–H groups in total. The number of carbonyl (C=O) groups is 1. The van der Waals surface area contributed by atoms with Crippen molar-refractivity contribution in [2.75, 3.05) is 19.7 Å². The van der Waals surface area contributed by atoms with Crippen molar-refractivity contribution in [3.8, 4) is 0 Å². The maximum Gasteiger partial charge on any atom is 0.306 e. The van der Waals surface area contributed by atoms with Gasteiger partial charge in [0.05, 0.1) is 13.0 Å². The van der Waals surface area contributed by atoms with Crippen molar-refractivity contribution >= 4 is 12.0 Å². The SMILES string of the molecule is O=C(O)CC1(OC/C=C/c2ccccc2)CNC1. The summed E-state index contributed by atoms with van der Waals surface area (Å²) in [5, 5.41) is 11.9. The third-order valence-electron chi connectivity index (χ3n) is 2.96. The molecule has 1 fully saturated rings. The highest BCUT2D eigenvalue weighted by Gasteiger charge is 2.39. The van der Waals surface area contributed by atoms with Crippen LogP contribution in [-0.4, -0.2) is 36.4 Å². The monoisotopic (exact) mass is 247 g/mol. The molecule has 1 aromatic rings. The van der Waals surface area contributed by atoms with Gasteiger partial charge in [0, 0.05) is 13.1 Å². The van der Waals surface area contributed by atoms with Crippen LogP contribution < -0.4 is 5.32 Å². The van der Waals surface area contributed by atoms with Gasteiger partial charge in [0.25, 0.3) is 0 Å². The maximum absolute atomic E-state index is 10.7. The number of rotatable bonds is 6. The van der Waals surface area contributed by atoms with Crippen molar-refractivity contribution in [2.24, 2.45) is 0 Å². The van der Waals surface area contributed by atoms with Crippen LogP contribution in [0.25, 0.3) is 6.08 Å². The van der Waals surface area contributed by atoms with Crippen LogP contribution >= 0.6 is 0 Å². The van der Waals surface area contributed by atoms with Crippen LogP contribution in [0.15, 0.2) is 36.4 Å². The fourth-order valence-corrected chi connectivity index (χ4v) is 1.93. The van der Waals surface area contributed by atoms with E-state index in [-0.39, 0.29) is 6.42 Å². The predicted octanol–water partition coefficient (Wildman–Crippen LogP) is 1.53. The molecule has 18 heavy (non-hydrogen) atoms. The van der Waals surface area contributed by atoms with Crippen LogP contribution in [-0.2, 0) is 9.53 Å². The minimum Gasteiger partial charge on any atom is -0.481 e. The van der Waals surface area contributed by atoms with Crippen LogP contribution in [0.4, 0.5) is 0 Å². The number of hydrogen-bond donors (Lipinski definition) is 2. The molecule has 0 bridgehead atoms. The highest BCUT2D eigenvalue weighted by atomic mass is 16.5. The second-order valence-corrected chi connectivity index (χ2v) is 4.48. The van der Waals surface area contributed by atoms with Gasteiger partial charge in [-0.15, -0.1) is 0 Å². The van der Waals surface area contributed by atoms with E-state index in [1.54, 1.807) is 0 Å². The van der Waals surface area contributed by atoms with Gasteiger partial charge in [-0.2, -0.15) is 0 Å². The number of aliphatic carboxylic acids is 1. The summed E-state index contributed by atoms with van der Waals surface area (Å²) < 4.78 is 5.67. The van der Waals surface area contributed by atoms with E-state index in [9.17, 15) is 4.79 Å². The zero-order valence-corrected chi connectivity index (χ0v) is 10.1. The summed E-state index contributed by atoms with van der Waals surface area (Å²) in [4.78, 5) is 10.7. The molecule has 1 heterocycles. The van der Waals surface area contributed by atoms with Gasteiger partial charge in [0.1, 0.15) is 5.60 Å². The smallest absolute Gasteiger partial charge is 0.306 e. The molecule has 4 nitrogen and oxygen atoms in total. The van der Waals surface area contributed by atoms with Crippen LogP contribution in [0.2, 0.25) is 0 Å². The molecular weight excluding hydrogens is 230 g/mol. The van der Waals surface area contributed by atoms with E-state index < -0.39 is 11.6 Å². The topological polar surface area (TPSA) is 58.6 Å². The molecule has 2 rings (SSSR count). The van der Waals surface area contributed by atoms with Crippen molar-refractivity contribution in [1.29, 1.82) is 0 Å². The van der Waals surface area contributed by atoms with Gasteiger partial charge in [-0.25, -0.2) is 0 Å². The van der Waals surface area contributed by atoms with Gasteiger partial charge in [-0.05, 0) is 5.56 Å². The van der Waals surface area contributed by atoms with Gasteiger partial charge < -0.3 is 15.2 Å². The summed E-state index contributed by atoms with van der Waals surface area (Å²) in [6.07, 6.45) is 3.94. The first-order valence-electron chi connectivity index (χ1n) is 5.98. The molecule has 0 spiro atoms. The molecule has 0 amide bonds. The Labute approximate surface area is 106 Å². The summed E-state index contributed by atoms with van der Waals surface area (Å²) >= 11 is 0. The molecule has 1 aliphatic heterocycles. The van der Waals surface area contributed by atoms with E-state index in [0.717, 1.165) is 5.56 Å². The second kappa shape index (κ2) is 5.80. The van der Waals surface area contributed by atoms with Gasteiger partial charge in [-0.1, -0.05) is 42.5 Å². The number of benzene rings is 1. The Kier molecular flexibility index (Phi) is 4.12. The first-order chi connectivity index (χ1) is 8.70. The lowest BCUT2D eigenvalue weighted by molar-refractivity contribution is -0.148. The molecule has 0 saturated carbocycles. The number of carboxylic acids is 1. The summed E-state index contributed by atoms with van der Waals surface area (Å²) in [6, 6.07) is 9.93. The van der Waals surface area contributed by atoms with Crippen LogP contribution in [0.3, 0.4) is 0 Å². The van der Waals surface area contributed by atoms with Crippen LogP contribution in [0.5, 0.6) is 0 Å². The van der Waals surface area contributed by atoms with Gasteiger partial charge >= 0.3 is 5.97 Å². The minimum atomic E-state index is -0.816. The molecule has 0 atom stereocenters. The Morgan fingerprint density at radius 1 is 1.39 bits per heavy atom. The third-order valence-corrected chi connectivity index (χ3v) is 2.96. The molecule has 4 heteroatoms. The molecule has 0 unspecified atom stereocenters. The average Bonchev–Trinajstić information content (AvgIpc) is 2.32. The summed E-state index contributed by atoms with van der Waals surface area (Å²) in [7, 11) is 0. The molecular formula is C14H17NO3. The van der Waals surface area contributed by atoms with Crippen molar-refractivity contribution in [3.63, 3.8) is 0 Å². The van der Waals surface area contributed by atoms with E-state index in [0.29, 0.717) is 19.7 Å². The fraction of sp³-hybridized carbons (Fsp3) is 0.357. The first kappa shape index (κ1) is 12.8. The molecule has 1 saturated heterocycles. The van der Waals surface area contributed by atoms with Crippen molar-refractivity contribution in [3.05, 3.63) is 42.0 Å². The Morgan fingerprint density at radius 3 is 2.67 bits per heavy atom. The molecule has 1 aromatic carbocycles. The highest BCUT2D eigenvalue weighted by Crippen LogP contribution is 2.21. The lowest BCUT2D eigenvalue weighted by Crippen LogP contribution is -2.62. The third kappa shape index (κ3) is 3.42. The summed E-state index contributed by atoms with van der Waals surface area (Å²) in [5.74, 6) is -0.816. The highest BCUT2D eigenvalue weighted by molar-refractivity contribution is 5.68. The van der Waals surface area contributed by atoms with Gasteiger partial charge in [0.15, 0.2) is 0 Å². The quantitative estimate of drug-likeness (QED) is 0.800. The van der Waals surface area contributed by atoms with Gasteiger partial charge in [0.2, 0.25) is 0 Å². The second-order valence-electron chi connectivity index (χ2n) is 4.48. The van der Waals surface area contributed by atoms with Crippen molar-refractivity contribution in [2.45, 2.75) is 12.0 Å². The van der Waals surface area contributed by atoms with Crippen molar-refractivity contribution < 1.29 is 14.6 Å². The molecule has 0 aromatic heterocycles. The zero-order valence-electron chi connectivity index (χ0n) is 10.1. The predicted molar refractivity (Wildman–Crippen MR) is 69.3 cm³/mol. The number of ether oxygens (including phenoxy) is 1. The first-order valence-corrected chi connectivity index (χ1v) is 5.98. The molecule has 1 aliphatic rings. The van der Waals surface area contributed by atoms with Crippen LogP contribution in [0.1, 0.15) is 12.0 Å². The normalized spacial score (nSPS) is 17.6. The Hall–Kier alpha value is -1.65. The van der Waals surface area contributed by atoms with E-state index in [1.165, 1.54) is 0 Å². The van der Waals surface area contributed by atoms with E-state index in [4.69, 9.17) is 9.84 Å². The average molecular weight is 247 g/mol. The Bertz CT molecular complexity index is 424. The summed E-state index contributed by atoms with van der Waals surface area (Å²) in [5.41, 5.74) is 0.590. The summed E-state index contributed by atoms with van der Waals surface area (Å²) in [6.45, 7) is 1.65. The number of hydrogen-bond acceptors (Lipinski definition) is 3. The molecule has 0 aliphatic carbocycles. The zero-order chi connectivity index (χ0) is 12.8. The van der Waals surface area contributed by atoms with Gasteiger partial charge in [-0.3, -0.25) is 4.79 Å². The fourth-order valence-electron chi connectivity index (χ4n) is 1.93. The Balaban J connectivity index is 1.81. The Morgan fingerprint density at radius 2 is 2.11 bits per heavy atom. The number of carboxylic acid groups (broad SMARTS) is 1. The number of nitrogens with one attached hydrogen (secondary N) is 1. The largest absolute Gasteiger partial charge is 0.481 e. The minimum absolute atomic E-state index is 0.0547. The standard InChI is InChI=1S/C14H17NO3/c16-13(17)9-14(10-15-11-14)18-8-4-7-12-5-2-1-3-6-12/h1-7,15H,8-11H2,(H,16,17)/b7-4+.